The van der Waals surface area contributed by atoms with Gasteiger partial charge in [-0.1, -0.05) is 11.6 Å². The number of hydrogen-bond donors (Lipinski definition) is 1. The second kappa shape index (κ2) is 5.17. The monoisotopic (exact) mass is 252 g/mol. The molecular weight excluding hydrogens is 243 g/mol. The lowest BCUT2D eigenvalue weighted by atomic mass is 10.2. The summed E-state index contributed by atoms with van der Waals surface area (Å²) in [4.78, 5) is 0. The van der Waals surface area contributed by atoms with Gasteiger partial charge in [0.25, 0.3) is 0 Å². The molecule has 0 bridgehead atoms. The van der Waals surface area contributed by atoms with Crippen molar-refractivity contribution in [2.45, 2.75) is 6.61 Å². The molecule has 0 heterocycles. The zero-order valence-electron chi connectivity index (χ0n) is 8.86. The van der Waals surface area contributed by atoms with Gasteiger partial charge in [-0.15, -0.1) is 0 Å². The van der Waals surface area contributed by atoms with E-state index < -0.39 is 5.82 Å². The number of aliphatic hydroxyl groups is 1. The predicted molar refractivity (Wildman–Crippen MR) is 63.8 cm³/mol. The van der Waals surface area contributed by atoms with Crippen molar-refractivity contribution in [2.75, 3.05) is 0 Å². The maximum Gasteiger partial charge on any atom is 0.133 e. The summed E-state index contributed by atoms with van der Waals surface area (Å²) < 4.78 is 18.5. The van der Waals surface area contributed by atoms with Crippen LogP contribution in [0, 0.1) is 5.82 Å². The highest BCUT2D eigenvalue weighted by molar-refractivity contribution is 6.30. The van der Waals surface area contributed by atoms with Gasteiger partial charge in [-0.25, -0.2) is 4.39 Å². The summed E-state index contributed by atoms with van der Waals surface area (Å²) in [5.74, 6) is 0.601. The molecule has 0 fully saturated rings. The SMILES string of the molecule is OCc1cc(F)ccc1Oc1ccc(Cl)cc1. The Balaban J connectivity index is 2.26. The van der Waals surface area contributed by atoms with Gasteiger partial charge in [-0.3, -0.25) is 0 Å². The van der Waals surface area contributed by atoms with E-state index in [0.29, 0.717) is 22.1 Å². The van der Waals surface area contributed by atoms with Gasteiger partial charge in [0.1, 0.15) is 17.3 Å². The zero-order valence-corrected chi connectivity index (χ0v) is 9.62. The molecule has 0 aliphatic heterocycles. The first kappa shape index (κ1) is 11.9. The third-order valence-corrected chi connectivity index (χ3v) is 2.49. The van der Waals surface area contributed by atoms with Gasteiger partial charge in [0.15, 0.2) is 0 Å². The Labute approximate surface area is 103 Å². The summed E-state index contributed by atoms with van der Waals surface area (Å²) in [5.41, 5.74) is 0.403. The van der Waals surface area contributed by atoms with Crippen LogP contribution in [0.2, 0.25) is 5.02 Å². The average molecular weight is 253 g/mol. The molecule has 0 spiro atoms. The summed E-state index contributed by atoms with van der Waals surface area (Å²) in [6.45, 7) is -0.277. The van der Waals surface area contributed by atoms with Gasteiger partial charge in [0.05, 0.1) is 6.61 Å². The largest absolute Gasteiger partial charge is 0.457 e. The van der Waals surface area contributed by atoms with Crippen molar-refractivity contribution >= 4 is 11.6 Å². The fraction of sp³-hybridized carbons (Fsp3) is 0.0769. The van der Waals surface area contributed by atoms with E-state index >= 15 is 0 Å². The summed E-state index contributed by atoms with van der Waals surface area (Å²) in [6.07, 6.45) is 0. The van der Waals surface area contributed by atoms with E-state index in [1.807, 2.05) is 0 Å². The Hall–Kier alpha value is -1.58. The molecule has 0 amide bonds. The van der Waals surface area contributed by atoms with Crippen molar-refractivity contribution in [1.82, 2.24) is 0 Å². The van der Waals surface area contributed by atoms with Crippen LogP contribution in [0.15, 0.2) is 42.5 Å². The van der Waals surface area contributed by atoms with Gasteiger partial charge in [0.2, 0.25) is 0 Å². The van der Waals surface area contributed by atoms with Gasteiger partial charge in [-0.2, -0.15) is 0 Å². The first-order valence-corrected chi connectivity index (χ1v) is 5.39. The van der Waals surface area contributed by atoms with Crippen LogP contribution in [0.4, 0.5) is 4.39 Å². The molecule has 2 aromatic carbocycles. The molecule has 0 aromatic heterocycles. The van der Waals surface area contributed by atoms with Gasteiger partial charge in [-0.05, 0) is 42.5 Å². The van der Waals surface area contributed by atoms with E-state index in [-0.39, 0.29) is 6.61 Å². The first-order valence-electron chi connectivity index (χ1n) is 5.02. The fourth-order valence-electron chi connectivity index (χ4n) is 1.40. The highest BCUT2D eigenvalue weighted by atomic mass is 35.5. The van der Waals surface area contributed by atoms with Crippen molar-refractivity contribution in [2.24, 2.45) is 0 Å². The standard InChI is InChI=1S/C13H10ClFO2/c14-10-1-4-12(5-2-10)17-13-6-3-11(15)7-9(13)8-16/h1-7,16H,8H2. The third kappa shape index (κ3) is 2.96. The van der Waals surface area contributed by atoms with Crippen molar-refractivity contribution in [1.29, 1.82) is 0 Å². The minimum atomic E-state index is -0.405. The van der Waals surface area contributed by atoms with Crippen molar-refractivity contribution < 1.29 is 14.2 Å². The van der Waals surface area contributed by atoms with E-state index in [4.69, 9.17) is 21.4 Å². The number of ether oxygens (including phenoxy) is 1. The van der Waals surface area contributed by atoms with E-state index in [0.717, 1.165) is 0 Å². The molecule has 88 valence electrons. The lowest BCUT2D eigenvalue weighted by Gasteiger charge is -2.09. The molecule has 2 nitrogen and oxygen atoms in total. The van der Waals surface area contributed by atoms with Crippen molar-refractivity contribution in [3.63, 3.8) is 0 Å². The Morgan fingerprint density at radius 2 is 1.82 bits per heavy atom. The van der Waals surface area contributed by atoms with Gasteiger partial charge < -0.3 is 9.84 Å². The van der Waals surface area contributed by atoms with E-state index in [2.05, 4.69) is 0 Å². The molecule has 0 aliphatic carbocycles. The van der Waals surface area contributed by atoms with E-state index in [9.17, 15) is 4.39 Å². The average Bonchev–Trinajstić information content (AvgIpc) is 2.34. The normalized spacial score (nSPS) is 10.3. The summed E-state index contributed by atoms with van der Waals surface area (Å²) >= 11 is 5.75. The number of aliphatic hydroxyl groups excluding tert-OH is 1. The van der Waals surface area contributed by atoms with Crippen LogP contribution in [-0.2, 0) is 6.61 Å². The van der Waals surface area contributed by atoms with Crippen LogP contribution in [-0.4, -0.2) is 5.11 Å². The molecule has 2 rings (SSSR count). The topological polar surface area (TPSA) is 29.5 Å². The lowest BCUT2D eigenvalue weighted by molar-refractivity contribution is 0.276. The lowest BCUT2D eigenvalue weighted by Crippen LogP contribution is -1.92. The van der Waals surface area contributed by atoms with Crippen molar-refractivity contribution in [3.05, 3.63) is 58.9 Å². The van der Waals surface area contributed by atoms with Crippen LogP contribution >= 0.6 is 11.6 Å². The summed E-state index contributed by atoms with van der Waals surface area (Å²) in [7, 11) is 0. The predicted octanol–water partition coefficient (Wildman–Crippen LogP) is 3.76. The maximum atomic E-state index is 12.9. The Bertz CT molecular complexity index is 511. The Morgan fingerprint density at radius 1 is 1.12 bits per heavy atom. The molecule has 17 heavy (non-hydrogen) atoms. The van der Waals surface area contributed by atoms with Gasteiger partial charge >= 0.3 is 0 Å². The van der Waals surface area contributed by atoms with Gasteiger partial charge in [0, 0.05) is 10.6 Å². The zero-order chi connectivity index (χ0) is 12.3. The quantitative estimate of drug-likeness (QED) is 0.901. The highest BCUT2D eigenvalue weighted by Gasteiger charge is 2.05. The van der Waals surface area contributed by atoms with E-state index in [1.165, 1.54) is 18.2 Å². The maximum absolute atomic E-state index is 12.9. The minimum Gasteiger partial charge on any atom is -0.457 e. The molecular formula is C13H10ClFO2. The van der Waals surface area contributed by atoms with Crippen molar-refractivity contribution in [3.8, 4) is 11.5 Å². The van der Waals surface area contributed by atoms with Crippen LogP contribution in [0.25, 0.3) is 0 Å². The molecule has 0 unspecified atom stereocenters. The van der Waals surface area contributed by atoms with Crippen LogP contribution in [0.1, 0.15) is 5.56 Å². The fourth-order valence-corrected chi connectivity index (χ4v) is 1.53. The second-order valence-corrected chi connectivity index (χ2v) is 3.90. The molecule has 2 aromatic rings. The highest BCUT2D eigenvalue weighted by Crippen LogP contribution is 2.27. The van der Waals surface area contributed by atoms with E-state index in [1.54, 1.807) is 24.3 Å². The van der Waals surface area contributed by atoms with Crippen LogP contribution in [0.5, 0.6) is 11.5 Å². The molecule has 0 atom stereocenters. The first-order chi connectivity index (χ1) is 8.19. The summed E-state index contributed by atoms with van der Waals surface area (Å²) in [5, 5.41) is 9.71. The Morgan fingerprint density at radius 3 is 2.47 bits per heavy atom. The molecule has 4 heteroatoms. The minimum absolute atomic E-state index is 0.277. The molecule has 1 N–H and O–H groups in total. The number of hydrogen-bond acceptors (Lipinski definition) is 2. The van der Waals surface area contributed by atoms with Crippen LogP contribution in [0.3, 0.4) is 0 Å². The second-order valence-electron chi connectivity index (χ2n) is 3.47. The number of benzene rings is 2. The third-order valence-electron chi connectivity index (χ3n) is 2.23. The molecule has 0 radical (unpaired) electrons. The summed E-state index contributed by atoms with van der Waals surface area (Å²) in [6, 6.07) is 10.8. The number of rotatable bonds is 3. The molecule has 0 saturated carbocycles. The molecule has 0 aliphatic rings. The number of halogens is 2. The molecule has 0 saturated heterocycles. The van der Waals surface area contributed by atoms with Crippen LogP contribution < -0.4 is 4.74 Å². The smallest absolute Gasteiger partial charge is 0.133 e. The Kier molecular flexibility index (Phi) is 3.61.